The molecule has 31 heavy (non-hydrogen) atoms. The van der Waals surface area contributed by atoms with E-state index in [4.69, 9.17) is 0 Å². The number of hydrogen-bond donors (Lipinski definition) is 1. The molecule has 5 nitrogen and oxygen atoms in total. The molecule has 162 valence electrons. The lowest BCUT2D eigenvalue weighted by Gasteiger charge is -2.14. The molecule has 1 atom stereocenters. The zero-order chi connectivity index (χ0) is 22.4. The van der Waals surface area contributed by atoms with E-state index in [9.17, 15) is 22.0 Å². The highest BCUT2D eigenvalue weighted by Crippen LogP contribution is 2.25. The van der Waals surface area contributed by atoms with E-state index in [1.807, 2.05) is 0 Å². The molecule has 1 unspecified atom stereocenters. The fourth-order valence-electron chi connectivity index (χ4n) is 2.80. The maximum Gasteiger partial charge on any atom is 0.254 e. The maximum absolute atomic E-state index is 13.3. The number of benzene rings is 2. The van der Waals surface area contributed by atoms with Crippen molar-refractivity contribution in [3.05, 3.63) is 89.6 Å². The third-order valence-corrected chi connectivity index (χ3v) is 8.08. The van der Waals surface area contributed by atoms with Crippen molar-refractivity contribution < 1.29 is 22.0 Å². The van der Waals surface area contributed by atoms with Crippen molar-refractivity contribution in [2.75, 3.05) is 5.75 Å². The van der Waals surface area contributed by atoms with Crippen molar-refractivity contribution in [2.24, 2.45) is 0 Å². The van der Waals surface area contributed by atoms with Gasteiger partial charge in [0.15, 0.2) is 9.84 Å². The van der Waals surface area contributed by atoms with E-state index in [-0.39, 0.29) is 28.3 Å². The van der Waals surface area contributed by atoms with Gasteiger partial charge in [-0.2, -0.15) is 0 Å². The van der Waals surface area contributed by atoms with Crippen LogP contribution in [-0.4, -0.2) is 30.3 Å². The Morgan fingerprint density at radius 1 is 1.06 bits per heavy atom. The Bertz CT molecular complexity index is 1150. The second-order valence-corrected chi connectivity index (χ2v) is 10.2. The fraction of sp³-hybridized carbons (Fsp3) is 0.182. The summed E-state index contributed by atoms with van der Waals surface area (Å²) in [7, 11) is -3.52. The molecule has 1 amide bonds. The van der Waals surface area contributed by atoms with Crippen molar-refractivity contribution in [1.29, 1.82) is 0 Å². The Morgan fingerprint density at radius 2 is 1.74 bits per heavy atom. The summed E-state index contributed by atoms with van der Waals surface area (Å²) < 4.78 is 52.1. The summed E-state index contributed by atoms with van der Waals surface area (Å²) >= 11 is 1.16. The molecule has 9 heteroatoms. The average molecular weight is 463 g/mol. The Balaban J connectivity index is 1.68. The van der Waals surface area contributed by atoms with Crippen molar-refractivity contribution in [2.45, 2.75) is 28.6 Å². The van der Waals surface area contributed by atoms with Crippen molar-refractivity contribution >= 4 is 27.5 Å². The molecule has 0 saturated carbocycles. The lowest BCUT2D eigenvalue weighted by atomic mass is 10.2. The molecule has 0 saturated heterocycles. The quantitative estimate of drug-likeness (QED) is 0.507. The number of carbonyl (C=O) groups excluding carboxylic acids is 1. The third kappa shape index (κ3) is 5.89. The van der Waals surface area contributed by atoms with E-state index in [0.29, 0.717) is 5.03 Å². The van der Waals surface area contributed by atoms with Crippen LogP contribution in [0.15, 0.2) is 76.8 Å². The molecule has 0 bridgehead atoms. The smallest absolute Gasteiger partial charge is 0.254 e. The molecule has 1 aromatic heterocycles. The lowest BCUT2D eigenvalue weighted by molar-refractivity contribution is 0.0947. The minimum Gasteiger partial charge on any atom is -0.348 e. The number of aromatic nitrogens is 1. The average Bonchev–Trinajstić information content (AvgIpc) is 2.76. The van der Waals surface area contributed by atoms with Gasteiger partial charge < -0.3 is 5.32 Å². The highest BCUT2D eigenvalue weighted by atomic mass is 32.2. The minimum atomic E-state index is -3.52. The SMILES string of the molecule is CC(CSc1ncccc1C(=O)NCc1cc(F)cc(F)c1)S(=O)(=O)c1ccccc1. The Morgan fingerprint density at radius 3 is 2.42 bits per heavy atom. The maximum atomic E-state index is 13.3. The van der Waals surface area contributed by atoms with Gasteiger partial charge in [-0.15, -0.1) is 11.8 Å². The first kappa shape index (κ1) is 22.9. The molecular formula is C22H20F2N2O3S2. The largest absolute Gasteiger partial charge is 0.348 e. The Kier molecular flexibility index (Phi) is 7.40. The van der Waals surface area contributed by atoms with Crippen LogP contribution in [0.25, 0.3) is 0 Å². The molecule has 0 fully saturated rings. The van der Waals surface area contributed by atoms with Crippen LogP contribution in [0.2, 0.25) is 0 Å². The van der Waals surface area contributed by atoms with Gasteiger partial charge >= 0.3 is 0 Å². The van der Waals surface area contributed by atoms with Gasteiger partial charge in [-0.05, 0) is 48.9 Å². The van der Waals surface area contributed by atoms with Gasteiger partial charge in [-0.3, -0.25) is 4.79 Å². The van der Waals surface area contributed by atoms with Gasteiger partial charge in [0.2, 0.25) is 0 Å². The molecule has 0 spiro atoms. The molecule has 0 aliphatic carbocycles. The van der Waals surface area contributed by atoms with E-state index in [2.05, 4.69) is 10.3 Å². The number of pyridine rings is 1. The van der Waals surface area contributed by atoms with Crippen LogP contribution >= 0.6 is 11.8 Å². The summed E-state index contributed by atoms with van der Waals surface area (Å²) in [6, 6.07) is 14.4. The van der Waals surface area contributed by atoms with Crippen molar-refractivity contribution in [3.8, 4) is 0 Å². The van der Waals surface area contributed by atoms with Gasteiger partial charge in [0.1, 0.15) is 16.7 Å². The predicted molar refractivity (Wildman–Crippen MR) is 116 cm³/mol. The van der Waals surface area contributed by atoms with Gasteiger partial charge in [0.25, 0.3) is 5.91 Å². The highest BCUT2D eigenvalue weighted by Gasteiger charge is 2.24. The summed E-state index contributed by atoms with van der Waals surface area (Å²) in [5.41, 5.74) is 0.542. The van der Waals surface area contributed by atoms with E-state index >= 15 is 0 Å². The third-order valence-electron chi connectivity index (χ3n) is 4.45. The second kappa shape index (κ2) is 10.0. The minimum absolute atomic E-state index is 0.0642. The first-order valence-electron chi connectivity index (χ1n) is 9.37. The number of carbonyl (C=O) groups is 1. The number of hydrogen-bond acceptors (Lipinski definition) is 5. The Hall–Kier alpha value is -2.78. The normalized spacial score (nSPS) is 12.4. The van der Waals surface area contributed by atoms with Crippen LogP contribution in [0.5, 0.6) is 0 Å². The van der Waals surface area contributed by atoms with Gasteiger partial charge in [0.05, 0.1) is 15.7 Å². The first-order valence-corrected chi connectivity index (χ1v) is 11.9. The summed E-state index contributed by atoms with van der Waals surface area (Å²) in [6.45, 7) is 1.54. The number of nitrogens with zero attached hydrogens (tertiary/aromatic N) is 1. The predicted octanol–water partition coefficient (Wildman–Crippen LogP) is 4.24. The monoisotopic (exact) mass is 462 g/mol. The van der Waals surface area contributed by atoms with Crippen molar-refractivity contribution in [1.82, 2.24) is 10.3 Å². The first-order chi connectivity index (χ1) is 14.8. The number of nitrogens with one attached hydrogen (secondary N) is 1. The number of sulfone groups is 1. The fourth-order valence-corrected chi connectivity index (χ4v) is 5.56. The van der Waals surface area contributed by atoms with E-state index in [1.165, 1.54) is 6.20 Å². The van der Waals surface area contributed by atoms with Crippen LogP contribution in [0.4, 0.5) is 8.78 Å². The molecule has 0 aliphatic heterocycles. The zero-order valence-corrected chi connectivity index (χ0v) is 18.2. The molecule has 1 N–H and O–H groups in total. The summed E-state index contributed by atoms with van der Waals surface area (Å²) in [4.78, 5) is 17.0. The molecule has 3 rings (SSSR count). The molecular weight excluding hydrogens is 442 g/mol. The second-order valence-electron chi connectivity index (χ2n) is 6.80. The number of halogens is 2. The standard InChI is InChI=1S/C22H20F2N2O3S2/c1-15(31(28,29)19-6-3-2-4-7-19)14-30-22-20(8-5-9-25-22)21(27)26-13-16-10-17(23)12-18(24)11-16/h2-12,15H,13-14H2,1H3,(H,26,27). The summed E-state index contributed by atoms with van der Waals surface area (Å²) in [5.74, 6) is -1.73. The van der Waals surface area contributed by atoms with E-state index in [1.54, 1.807) is 49.4 Å². The van der Waals surface area contributed by atoms with Crippen LogP contribution in [0.1, 0.15) is 22.8 Å². The molecule has 0 radical (unpaired) electrons. The summed E-state index contributed by atoms with van der Waals surface area (Å²) in [6.07, 6.45) is 1.51. The molecule has 2 aromatic carbocycles. The number of rotatable bonds is 8. The van der Waals surface area contributed by atoms with Crippen molar-refractivity contribution in [3.63, 3.8) is 0 Å². The zero-order valence-electron chi connectivity index (χ0n) is 16.6. The van der Waals surface area contributed by atoms with E-state index in [0.717, 1.165) is 30.0 Å². The number of thioether (sulfide) groups is 1. The van der Waals surface area contributed by atoms with Crippen LogP contribution < -0.4 is 5.32 Å². The van der Waals surface area contributed by atoms with Crippen LogP contribution in [-0.2, 0) is 16.4 Å². The van der Waals surface area contributed by atoms with E-state index < -0.39 is 32.6 Å². The highest BCUT2D eigenvalue weighted by molar-refractivity contribution is 8.00. The molecule has 0 aliphatic rings. The topological polar surface area (TPSA) is 76.1 Å². The molecule has 1 heterocycles. The number of amides is 1. The van der Waals surface area contributed by atoms with Crippen LogP contribution in [0.3, 0.4) is 0 Å². The summed E-state index contributed by atoms with van der Waals surface area (Å²) in [5, 5.41) is 2.28. The van der Waals surface area contributed by atoms with Gasteiger partial charge in [-0.25, -0.2) is 22.2 Å². The Labute approximate surface area is 183 Å². The lowest BCUT2D eigenvalue weighted by Crippen LogP contribution is -2.24. The molecule has 3 aromatic rings. The van der Waals surface area contributed by atoms with Crippen LogP contribution in [0, 0.1) is 11.6 Å². The van der Waals surface area contributed by atoms with Gasteiger partial charge in [-0.1, -0.05) is 18.2 Å². The van der Waals surface area contributed by atoms with Gasteiger partial charge in [0, 0.05) is 24.6 Å².